The lowest BCUT2D eigenvalue weighted by molar-refractivity contribution is -0.150. The van der Waals surface area contributed by atoms with Gasteiger partial charge in [-0.15, -0.1) is 0 Å². The average Bonchev–Trinajstić information content (AvgIpc) is 2.38. The molecule has 0 rings (SSSR count). The minimum atomic E-state index is -4.81. The number of esters is 2. The molecule has 0 saturated heterocycles. The first-order valence-corrected chi connectivity index (χ1v) is 40.5. The number of carbonyl (C=O) groups excluding carboxylic acids is 4. The van der Waals surface area contributed by atoms with Crippen LogP contribution in [0.5, 0.6) is 0 Å². The van der Waals surface area contributed by atoms with Crippen LogP contribution in [0, 0.1) is 0 Å². The molecule has 17 nitrogen and oxygen atoms in total. The lowest BCUT2D eigenvalue weighted by Gasteiger charge is -2.21. The highest BCUT2D eigenvalue weighted by Gasteiger charge is 2.29. The highest BCUT2D eigenvalue weighted by Crippen LogP contribution is 2.45. The van der Waals surface area contributed by atoms with Crippen molar-refractivity contribution in [2.45, 2.75) is 366 Å². The summed E-state index contributed by atoms with van der Waals surface area (Å²) in [7, 11) is -9.62. The first-order valence-electron chi connectivity index (χ1n) is 37.5. The Balaban J connectivity index is 5.15. The Bertz CT molecular complexity index is 1660. The van der Waals surface area contributed by atoms with Gasteiger partial charge < -0.3 is 43.4 Å². The molecule has 0 radical (unpaired) electrons. The van der Waals surface area contributed by atoms with Gasteiger partial charge in [-0.3, -0.25) is 27.7 Å². The number of aliphatic hydroxyl groups excluding tert-OH is 1. The van der Waals surface area contributed by atoms with Crippen molar-refractivity contribution in [2.24, 2.45) is 0 Å². The van der Waals surface area contributed by atoms with E-state index in [-0.39, 0.29) is 38.0 Å². The van der Waals surface area contributed by atoms with Gasteiger partial charge in [0.1, 0.15) is 44.1 Å². The van der Waals surface area contributed by atoms with E-state index in [1.54, 1.807) is 0 Å². The van der Waals surface area contributed by atoms with Crippen LogP contribution in [0.25, 0.3) is 0 Å². The number of hydrogen-bond donors (Lipinski definition) is 3. The van der Waals surface area contributed by atoms with Crippen LogP contribution < -0.4 is 0 Å². The molecule has 0 aromatic rings. The molecule has 0 aliphatic rings. The number of aliphatic hydroxyl groups is 1. The highest BCUT2D eigenvalue weighted by molar-refractivity contribution is 7.47. The SMILES string of the molecule is CCCCCCCCCCCCCCCC(=O)OC[C@H](COP(=O)(O)OCC(O)COP(=O)(O)OC[C@@H](COC(=O)CCCCCCCCCCCCCCC)OCCCCCCC/C=C\CCCCCCC=O)OCCCCCCC/C=C\CCCCCCC=O. The second kappa shape index (κ2) is 70.2. The van der Waals surface area contributed by atoms with E-state index in [1.165, 1.54) is 116 Å². The summed E-state index contributed by atoms with van der Waals surface area (Å²) in [5.41, 5.74) is 0. The van der Waals surface area contributed by atoms with Crippen molar-refractivity contribution < 1.29 is 80.2 Å². The number of carbonyl (C=O) groups is 4. The van der Waals surface area contributed by atoms with E-state index in [9.17, 15) is 43.2 Å². The Hall–Kier alpha value is -2.14. The molecule has 0 heterocycles. The van der Waals surface area contributed by atoms with E-state index in [1.807, 2.05) is 0 Å². The molecule has 542 valence electrons. The Labute approximate surface area is 561 Å². The zero-order chi connectivity index (χ0) is 67.2. The molecule has 4 atom stereocenters. The van der Waals surface area contributed by atoms with Gasteiger partial charge in [0.15, 0.2) is 0 Å². The number of hydrogen-bond acceptors (Lipinski definition) is 15. The van der Waals surface area contributed by atoms with Crippen molar-refractivity contribution in [3.63, 3.8) is 0 Å². The summed E-state index contributed by atoms with van der Waals surface area (Å²) in [6.45, 7) is 2.25. The van der Waals surface area contributed by atoms with Crippen molar-refractivity contribution in [1.29, 1.82) is 0 Å². The van der Waals surface area contributed by atoms with E-state index in [0.717, 1.165) is 192 Å². The summed E-state index contributed by atoms with van der Waals surface area (Å²) >= 11 is 0. The molecule has 0 amide bonds. The van der Waals surface area contributed by atoms with Gasteiger partial charge in [-0.2, -0.15) is 0 Å². The summed E-state index contributed by atoms with van der Waals surface area (Å²) in [6, 6.07) is 0. The maximum Gasteiger partial charge on any atom is 0.472 e. The summed E-state index contributed by atoms with van der Waals surface area (Å²) in [6.07, 6.45) is 63.0. The molecule has 0 spiro atoms. The topological polar surface area (TPSA) is 237 Å². The molecular weight excluding hydrogens is 1210 g/mol. The molecule has 0 aromatic heterocycles. The molecule has 0 aromatic carbocycles. The summed E-state index contributed by atoms with van der Waals surface area (Å²) < 4.78 is 69.8. The second-order valence-corrected chi connectivity index (χ2v) is 28.4. The Morgan fingerprint density at radius 3 is 0.848 bits per heavy atom. The standard InChI is InChI=1S/C73H138O17P2/c1-3-5-7-9-11-13-15-21-27-33-39-45-51-57-72(77)85-65-70(83-61-55-49-43-37-31-25-19-17-23-29-35-41-47-53-59-74)67-89-91(79,80)87-63-69(76)64-88-92(81,82)90-68-71(84-62-56-50-44-38-32-26-20-18-24-30-36-42-48-54-60-75)66-86-73(78)58-52-46-40-34-28-22-16-14-12-10-8-6-4-2/h17-20,59-60,69-71,76H,3-16,21-58,61-68H2,1-2H3,(H,79,80)(H,81,82)/b19-17-,20-18-/t70-,71-/m1/s1. The van der Waals surface area contributed by atoms with Crippen LogP contribution in [-0.2, 0) is 65.4 Å². The normalized spacial score (nSPS) is 14.2. The smallest absolute Gasteiger partial charge is 0.463 e. The lowest BCUT2D eigenvalue weighted by atomic mass is 10.0. The molecule has 0 aliphatic carbocycles. The van der Waals surface area contributed by atoms with Crippen LogP contribution in [0.2, 0.25) is 0 Å². The number of aldehydes is 2. The van der Waals surface area contributed by atoms with E-state index >= 15 is 0 Å². The number of allylic oxidation sites excluding steroid dienone is 4. The number of phosphoric acid groups is 2. The van der Waals surface area contributed by atoms with Crippen LogP contribution >= 0.6 is 15.6 Å². The van der Waals surface area contributed by atoms with Crippen molar-refractivity contribution >= 4 is 40.2 Å². The van der Waals surface area contributed by atoms with E-state index in [2.05, 4.69) is 38.2 Å². The van der Waals surface area contributed by atoms with E-state index in [0.29, 0.717) is 38.9 Å². The van der Waals surface area contributed by atoms with Gasteiger partial charge in [-0.25, -0.2) is 9.13 Å². The maximum absolute atomic E-state index is 13.0. The third kappa shape index (κ3) is 69.2. The van der Waals surface area contributed by atoms with Crippen molar-refractivity contribution in [2.75, 3.05) is 52.9 Å². The minimum absolute atomic E-state index is 0.190. The first kappa shape index (κ1) is 89.9. The first-order chi connectivity index (χ1) is 44.9. The minimum Gasteiger partial charge on any atom is -0.463 e. The van der Waals surface area contributed by atoms with Crippen molar-refractivity contribution in [3.8, 4) is 0 Å². The molecule has 0 bridgehead atoms. The van der Waals surface area contributed by atoms with Gasteiger partial charge in [-0.05, 0) is 89.9 Å². The van der Waals surface area contributed by atoms with Crippen LogP contribution in [0.3, 0.4) is 0 Å². The van der Waals surface area contributed by atoms with Gasteiger partial charge in [0.25, 0.3) is 0 Å². The highest BCUT2D eigenvalue weighted by atomic mass is 31.2. The molecular formula is C73H138O17P2. The summed E-state index contributed by atoms with van der Waals surface area (Å²) in [5, 5.41) is 10.6. The molecule has 3 N–H and O–H groups in total. The molecule has 92 heavy (non-hydrogen) atoms. The van der Waals surface area contributed by atoms with Crippen molar-refractivity contribution in [1.82, 2.24) is 0 Å². The average molecular weight is 1350 g/mol. The number of phosphoric ester groups is 2. The van der Waals surface area contributed by atoms with Gasteiger partial charge in [0.05, 0.1) is 26.4 Å². The third-order valence-electron chi connectivity index (χ3n) is 16.5. The Kier molecular flexibility index (Phi) is 68.6. The predicted octanol–water partition coefficient (Wildman–Crippen LogP) is 20.3. The number of rotatable bonds is 76. The van der Waals surface area contributed by atoms with Gasteiger partial charge >= 0.3 is 27.6 Å². The van der Waals surface area contributed by atoms with Gasteiger partial charge in [-0.1, -0.05) is 256 Å². The largest absolute Gasteiger partial charge is 0.472 e. The zero-order valence-corrected chi connectivity index (χ0v) is 60.4. The van der Waals surface area contributed by atoms with Gasteiger partial charge in [0.2, 0.25) is 0 Å². The molecule has 0 fully saturated rings. The van der Waals surface area contributed by atoms with E-state index < -0.39 is 60.4 Å². The predicted molar refractivity (Wildman–Crippen MR) is 373 cm³/mol. The Morgan fingerprint density at radius 2 is 0.565 bits per heavy atom. The van der Waals surface area contributed by atoms with Crippen LogP contribution in [0.15, 0.2) is 24.3 Å². The fraction of sp³-hybridized carbons (Fsp3) is 0.890. The van der Waals surface area contributed by atoms with E-state index in [4.69, 9.17) is 37.0 Å². The molecule has 2 unspecified atom stereocenters. The molecule has 19 heteroatoms. The zero-order valence-electron chi connectivity index (χ0n) is 58.6. The summed E-state index contributed by atoms with van der Waals surface area (Å²) in [5.74, 6) is -0.764. The Morgan fingerprint density at radius 1 is 0.326 bits per heavy atom. The third-order valence-corrected chi connectivity index (χ3v) is 18.4. The van der Waals surface area contributed by atoms with Crippen molar-refractivity contribution in [3.05, 3.63) is 24.3 Å². The van der Waals surface area contributed by atoms with Gasteiger partial charge in [0, 0.05) is 38.9 Å². The fourth-order valence-corrected chi connectivity index (χ4v) is 12.2. The quantitative estimate of drug-likeness (QED) is 0.0169. The van der Waals surface area contributed by atoms with Crippen LogP contribution in [0.4, 0.5) is 0 Å². The monoisotopic (exact) mass is 1350 g/mol. The number of unbranched alkanes of at least 4 members (excludes halogenated alkanes) is 44. The number of ether oxygens (including phenoxy) is 4. The molecule has 0 aliphatic heterocycles. The van der Waals surface area contributed by atoms with Crippen LogP contribution in [0.1, 0.15) is 348 Å². The lowest BCUT2D eigenvalue weighted by Crippen LogP contribution is -2.28. The maximum atomic E-state index is 13.0. The molecule has 0 saturated carbocycles. The fourth-order valence-electron chi connectivity index (χ4n) is 10.7. The van der Waals surface area contributed by atoms with Crippen LogP contribution in [-0.4, -0.2) is 111 Å². The second-order valence-electron chi connectivity index (χ2n) is 25.5. The summed E-state index contributed by atoms with van der Waals surface area (Å²) in [4.78, 5) is 67.7.